The summed E-state index contributed by atoms with van der Waals surface area (Å²) in [4.78, 5) is 4.39. The molecule has 0 fully saturated rings. The Balaban J connectivity index is 1.38. The van der Waals surface area contributed by atoms with Crippen LogP contribution < -0.4 is 10.1 Å². The van der Waals surface area contributed by atoms with Crippen LogP contribution in [0, 0.1) is 0 Å². The van der Waals surface area contributed by atoms with Gasteiger partial charge in [0.15, 0.2) is 10.2 Å². The molecule has 0 saturated carbocycles. The van der Waals surface area contributed by atoms with Crippen LogP contribution >= 0.6 is 34.7 Å². The van der Waals surface area contributed by atoms with Crippen LogP contribution in [0.15, 0.2) is 57.4 Å². The summed E-state index contributed by atoms with van der Waals surface area (Å²) in [7, 11) is 1.63. The highest BCUT2D eigenvalue weighted by atomic mass is 35.5. The number of halogens is 1. The first-order chi connectivity index (χ1) is 13.7. The van der Waals surface area contributed by atoms with E-state index in [0.717, 1.165) is 15.8 Å². The van der Waals surface area contributed by atoms with Gasteiger partial charge in [0.25, 0.3) is 5.89 Å². The molecule has 0 spiro atoms. The first-order valence-electron chi connectivity index (χ1n) is 8.16. The van der Waals surface area contributed by atoms with Crippen molar-refractivity contribution < 1.29 is 9.26 Å². The maximum Gasteiger partial charge on any atom is 0.259 e. The quantitative estimate of drug-likeness (QED) is 0.395. The summed E-state index contributed by atoms with van der Waals surface area (Å²) in [5.41, 5.74) is 1.60. The standard InChI is InChI=1S/C18H14ClN5O2S2/c1-25-12-6-4-5-11(9-12)20-17-22-23-18(28-17)27-10-15-21-16(26-24-15)13-7-2-3-8-14(13)19/h2-9H,10H2,1H3,(H,20,22). The van der Waals surface area contributed by atoms with E-state index in [0.29, 0.717) is 33.2 Å². The van der Waals surface area contributed by atoms with Gasteiger partial charge in [-0.2, -0.15) is 4.98 Å². The molecule has 0 unspecified atom stereocenters. The van der Waals surface area contributed by atoms with E-state index in [4.69, 9.17) is 20.9 Å². The Kier molecular flexibility index (Phi) is 5.75. The molecule has 142 valence electrons. The lowest BCUT2D eigenvalue weighted by Crippen LogP contribution is -1.90. The van der Waals surface area contributed by atoms with E-state index >= 15 is 0 Å². The number of rotatable bonds is 7. The average molecular weight is 432 g/mol. The van der Waals surface area contributed by atoms with E-state index in [1.165, 1.54) is 23.1 Å². The van der Waals surface area contributed by atoms with Gasteiger partial charge in [0.1, 0.15) is 5.75 Å². The highest BCUT2D eigenvalue weighted by Gasteiger charge is 2.13. The van der Waals surface area contributed by atoms with E-state index in [-0.39, 0.29) is 0 Å². The first kappa shape index (κ1) is 18.7. The first-order valence-corrected chi connectivity index (χ1v) is 10.3. The minimum absolute atomic E-state index is 0.402. The zero-order chi connectivity index (χ0) is 19.3. The van der Waals surface area contributed by atoms with Gasteiger partial charge in [0, 0.05) is 11.8 Å². The van der Waals surface area contributed by atoms with E-state index < -0.39 is 0 Å². The number of thioether (sulfide) groups is 1. The summed E-state index contributed by atoms with van der Waals surface area (Å²) < 4.78 is 11.3. The molecule has 0 amide bonds. The Hall–Kier alpha value is -2.62. The number of nitrogens with zero attached hydrogens (tertiary/aromatic N) is 4. The van der Waals surface area contributed by atoms with Gasteiger partial charge in [-0.05, 0) is 24.3 Å². The van der Waals surface area contributed by atoms with Gasteiger partial charge in [0.05, 0.1) is 23.4 Å². The molecule has 0 aliphatic carbocycles. The van der Waals surface area contributed by atoms with Crippen molar-refractivity contribution in [1.82, 2.24) is 20.3 Å². The second-order valence-electron chi connectivity index (χ2n) is 5.51. The Morgan fingerprint density at radius 2 is 2.07 bits per heavy atom. The monoisotopic (exact) mass is 431 g/mol. The van der Waals surface area contributed by atoms with Crippen LogP contribution in [0.4, 0.5) is 10.8 Å². The van der Waals surface area contributed by atoms with E-state index in [9.17, 15) is 0 Å². The van der Waals surface area contributed by atoms with Crippen molar-refractivity contribution in [2.24, 2.45) is 0 Å². The molecule has 1 N–H and O–H groups in total. The molecular formula is C18H14ClN5O2S2. The summed E-state index contributed by atoms with van der Waals surface area (Å²) in [6.45, 7) is 0. The summed E-state index contributed by atoms with van der Waals surface area (Å²) in [5.74, 6) is 2.26. The SMILES string of the molecule is COc1cccc(Nc2nnc(SCc3noc(-c4ccccc4Cl)n3)s2)c1. The molecule has 2 aromatic heterocycles. The zero-order valence-corrected chi connectivity index (χ0v) is 17.0. The molecule has 28 heavy (non-hydrogen) atoms. The summed E-state index contributed by atoms with van der Waals surface area (Å²) in [5, 5.41) is 16.8. The highest BCUT2D eigenvalue weighted by Crippen LogP contribution is 2.31. The van der Waals surface area contributed by atoms with Crippen LogP contribution in [-0.2, 0) is 5.75 Å². The second kappa shape index (κ2) is 8.59. The van der Waals surface area contributed by atoms with Crippen LogP contribution in [0.3, 0.4) is 0 Å². The van der Waals surface area contributed by atoms with E-state index in [1.807, 2.05) is 42.5 Å². The van der Waals surface area contributed by atoms with Gasteiger partial charge in [-0.3, -0.25) is 0 Å². The molecule has 0 radical (unpaired) electrons. The number of benzene rings is 2. The zero-order valence-electron chi connectivity index (χ0n) is 14.6. The smallest absolute Gasteiger partial charge is 0.259 e. The van der Waals surface area contributed by atoms with E-state index in [2.05, 4.69) is 25.7 Å². The molecule has 2 heterocycles. The van der Waals surface area contributed by atoms with Crippen molar-refractivity contribution in [2.75, 3.05) is 12.4 Å². The fourth-order valence-corrected chi connectivity index (χ4v) is 4.16. The summed E-state index contributed by atoms with van der Waals surface area (Å²) >= 11 is 9.10. The van der Waals surface area contributed by atoms with Crippen LogP contribution in [-0.4, -0.2) is 27.4 Å². The highest BCUT2D eigenvalue weighted by molar-refractivity contribution is 8.00. The third kappa shape index (κ3) is 4.44. The molecule has 0 atom stereocenters. The van der Waals surface area contributed by atoms with Gasteiger partial charge in [-0.1, -0.05) is 58.1 Å². The third-order valence-corrected chi connectivity index (χ3v) is 5.92. The Labute approximate surface area is 174 Å². The predicted molar refractivity (Wildman–Crippen MR) is 110 cm³/mol. The minimum Gasteiger partial charge on any atom is -0.497 e. The Morgan fingerprint density at radius 3 is 2.93 bits per heavy atom. The summed E-state index contributed by atoms with van der Waals surface area (Å²) in [6, 6.07) is 15.0. The molecule has 7 nitrogen and oxygen atoms in total. The van der Waals surface area contributed by atoms with Crippen molar-refractivity contribution >= 4 is 45.5 Å². The van der Waals surface area contributed by atoms with Gasteiger partial charge >= 0.3 is 0 Å². The molecule has 0 aliphatic rings. The molecule has 0 saturated heterocycles. The second-order valence-corrected chi connectivity index (χ2v) is 8.12. The predicted octanol–water partition coefficient (Wildman–Crippen LogP) is 5.29. The lowest BCUT2D eigenvalue weighted by atomic mass is 10.2. The maximum atomic E-state index is 6.16. The average Bonchev–Trinajstić information content (AvgIpc) is 3.36. The third-order valence-electron chi connectivity index (χ3n) is 3.62. The lowest BCUT2D eigenvalue weighted by Gasteiger charge is -2.04. The molecular weight excluding hydrogens is 418 g/mol. The molecule has 10 heteroatoms. The van der Waals surface area contributed by atoms with Crippen molar-refractivity contribution in [3.8, 4) is 17.2 Å². The number of hydrogen-bond donors (Lipinski definition) is 1. The van der Waals surface area contributed by atoms with Gasteiger partial charge < -0.3 is 14.6 Å². The van der Waals surface area contributed by atoms with Crippen LogP contribution in [0.5, 0.6) is 5.75 Å². The van der Waals surface area contributed by atoms with Crippen molar-refractivity contribution in [3.63, 3.8) is 0 Å². The fraction of sp³-hybridized carbons (Fsp3) is 0.111. The Morgan fingerprint density at radius 1 is 1.18 bits per heavy atom. The van der Waals surface area contributed by atoms with Crippen molar-refractivity contribution in [1.29, 1.82) is 0 Å². The molecule has 0 bridgehead atoms. The summed E-state index contributed by atoms with van der Waals surface area (Å²) in [6.07, 6.45) is 0. The van der Waals surface area contributed by atoms with Gasteiger partial charge in [-0.25, -0.2) is 0 Å². The topological polar surface area (TPSA) is 86.0 Å². The van der Waals surface area contributed by atoms with Crippen LogP contribution in [0.2, 0.25) is 5.02 Å². The Bertz CT molecular complexity index is 1090. The molecule has 2 aromatic carbocycles. The number of methoxy groups -OCH3 is 1. The fourth-order valence-electron chi connectivity index (χ4n) is 2.33. The number of nitrogens with one attached hydrogen (secondary N) is 1. The van der Waals surface area contributed by atoms with E-state index in [1.54, 1.807) is 13.2 Å². The normalized spacial score (nSPS) is 10.8. The van der Waals surface area contributed by atoms with Crippen molar-refractivity contribution in [3.05, 3.63) is 59.4 Å². The number of aromatic nitrogens is 4. The number of ether oxygens (including phenoxy) is 1. The number of anilines is 2. The molecule has 0 aliphatic heterocycles. The van der Waals surface area contributed by atoms with Gasteiger partial charge in [0.2, 0.25) is 5.13 Å². The maximum absolute atomic E-state index is 6.16. The lowest BCUT2D eigenvalue weighted by molar-refractivity contribution is 0.415. The molecule has 4 aromatic rings. The number of hydrogen-bond acceptors (Lipinski definition) is 9. The van der Waals surface area contributed by atoms with Crippen LogP contribution in [0.1, 0.15) is 5.82 Å². The van der Waals surface area contributed by atoms with Crippen LogP contribution in [0.25, 0.3) is 11.5 Å². The minimum atomic E-state index is 0.402. The largest absolute Gasteiger partial charge is 0.497 e. The van der Waals surface area contributed by atoms with Gasteiger partial charge in [-0.15, -0.1) is 10.2 Å². The molecule has 4 rings (SSSR count). The van der Waals surface area contributed by atoms with Crippen molar-refractivity contribution in [2.45, 2.75) is 10.1 Å².